The Morgan fingerprint density at radius 3 is 2.27 bits per heavy atom. The summed E-state index contributed by atoms with van der Waals surface area (Å²) in [4.78, 5) is 19.1. The molecule has 6 heteroatoms. The third-order valence-electron chi connectivity index (χ3n) is 4.79. The van der Waals surface area contributed by atoms with Crippen LogP contribution in [0.4, 0.5) is 5.13 Å². The molecule has 0 unspecified atom stereocenters. The number of pyridine rings is 1. The van der Waals surface area contributed by atoms with E-state index in [2.05, 4.69) is 34.2 Å². The van der Waals surface area contributed by atoms with Crippen LogP contribution in [0, 0.1) is 0 Å². The van der Waals surface area contributed by atoms with Crippen LogP contribution in [0.3, 0.4) is 0 Å². The number of hydrogen-bond acceptors (Lipinski definition) is 5. The maximum Gasteiger partial charge on any atom is 0.260 e. The number of aromatic nitrogens is 3. The van der Waals surface area contributed by atoms with Gasteiger partial charge in [-0.3, -0.25) is 14.7 Å². The van der Waals surface area contributed by atoms with Crippen LogP contribution < -0.4 is 4.90 Å². The predicted molar refractivity (Wildman–Crippen MR) is 122 cm³/mol. The van der Waals surface area contributed by atoms with Gasteiger partial charge in [-0.05, 0) is 41.8 Å². The minimum absolute atomic E-state index is 0.0551. The Kier molecular flexibility index (Phi) is 6.25. The minimum Gasteiger partial charge on any atom is -0.283 e. The van der Waals surface area contributed by atoms with E-state index in [-0.39, 0.29) is 5.91 Å². The molecule has 1 amide bonds. The third-order valence-corrected chi connectivity index (χ3v) is 5.79. The normalized spacial score (nSPS) is 10.7. The Morgan fingerprint density at radius 2 is 1.57 bits per heavy atom. The lowest BCUT2D eigenvalue weighted by Gasteiger charge is -2.19. The number of anilines is 1. The largest absolute Gasteiger partial charge is 0.283 e. The van der Waals surface area contributed by atoms with Gasteiger partial charge in [0.2, 0.25) is 5.13 Å². The van der Waals surface area contributed by atoms with Crippen LogP contribution in [0.15, 0.2) is 79.1 Å². The Labute approximate surface area is 180 Å². The molecule has 2 aromatic carbocycles. The van der Waals surface area contributed by atoms with Gasteiger partial charge in [0.1, 0.15) is 5.01 Å². The number of nitrogens with zero attached hydrogens (tertiary/aromatic N) is 4. The number of benzene rings is 2. The van der Waals surface area contributed by atoms with E-state index in [0.717, 1.165) is 34.5 Å². The Morgan fingerprint density at radius 1 is 0.867 bits per heavy atom. The second kappa shape index (κ2) is 9.41. The third kappa shape index (κ3) is 4.44. The average molecular weight is 415 g/mol. The van der Waals surface area contributed by atoms with Gasteiger partial charge in [0.05, 0.1) is 0 Å². The lowest BCUT2D eigenvalue weighted by atomic mass is 10.0. The monoisotopic (exact) mass is 414 g/mol. The van der Waals surface area contributed by atoms with Gasteiger partial charge in [0.15, 0.2) is 0 Å². The lowest BCUT2D eigenvalue weighted by molar-refractivity contribution is 0.0986. The topological polar surface area (TPSA) is 59.0 Å². The van der Waals surface area contributed by atoms with Crippen LogP contribution in [-0.2, 0) is 0 Å². The first kappa shape index (κ1) is 19.9. The molecule has 150 valence electrons. The second-order valence-corrected chi connectivity index (χ2v) is 7.84. The average Bonchev–Trinajstić information content (AvgIpc) is 3.30. The molecular formula is C24H22N4OS. The van der Waals surface area contributed by atoms with Crippen LogP contribution in [-0.4, -0.2) is 27.6 Å². The van der Waals surface area contributed by atoms with Crippen molar-refractivity contribution < 1.29 is 4.79 Å². The molecule has 0 fully saturated rings. The number of carbonyl (C=O) groups excluding carboxylic acids is 1. The highest BCUT2D eigenvalue weighted by atomic mass is 32.1. The van der Waals surface area contributed by atoms with Crippen LogP contribution in [0.1, 0.15) is 30.1 Å². The standard InChI is InChI=1S/C24H22N4OS/c1-2-3-17-28(24-27-26-22(30-24)20-13-15-25-16-14-20)23(29)21-11-9-19(10-12-21)18-7-5-4-6-8-18/h4-16H,2-3,17H2,1H3. The Bertz CT molecular complexity index is 1100. The van der Waals surface area contributed by atoms with Crippen molar-refractivity contribution >= 4 is 22.4 Å². The zero-order chi connectivity index (χ0) is 20.8. The fourth-order valence-corrected chi connectivity index (χ4v) is 4.00. The maximum atomic E-state index is 13.3. The van der Waals surface area contributed by atoms with E-state index < -0.39 is 0 Å². The van der Waals surface area contributed by atoms with E-state index >= 15 is 0 Å². The van der Waals surface area contributed by atoms with Crippen LogP contribution in [0.2, 0.25) is 0 Å². The van der Waals surface area contributed by atoms with E-state index in [1.54, 1.807) is 17.3 Å². The summed E-state index contributed by atoms with van der Waals surface area (Å²) in [5.41, 5.74) is 3.81. The van der Waals surface area contributed by atoms with Crippen molar-refractivity contribution in [1.82, 2.24) is 15.2 Å². The van der Waals surface area contributed by atoms with Gasteiger partial charge in [0, 0.05) is 30.1 Å². The summed E-state index contributed by atoms with van der Waals surface area (Å²) in [5.74, 6) is -0.0551. The SMILES string of the molecule is CCCCN(C(=O)c1ccc(-c2ccccc2)cc1)c1nnc(-c2ccncc2)s1. The molecule has 0 aliphatic carbocycles. The molecule has 2 aromatic heterocycles. The number of unbranched alkanes of at least 4 members (excludes halogenated alkanes) is 1. The molecule has 5 nitrogen and oxygen atoms in total. The van der Waals surface area contributed by atoms with Gasteiger partial charge in [-0.25, -0.2) is 0 Å². The van der Waals surface area contributed by atoms with Crippen molar-refractivity contribution in [3.8, 4) is 21.7 Å². The van der Waals surface area contributed by atoms with E-state index in [0.29, 0.717) is 17.2 Å². The minimum atomic E-state index is -0.0551. The summed E-state index contributed by atoms with van der Waals surface area (Å²) in [7, 11) is 0. The molecule has 0 atom stereocenters. The summed E-state index contributed by atoms with van der Waals surface area (Å²) in [6.07, 6.45) is 5.35. The predicted octanol–water partition coefficient (Wildman–Crippen LogP) is 5.71. The fourth-order valence-electron chi connectivity index (χ4n) is 3.13. The highest BCUT2D eigenvalue weighted by Crippen LogP contribution is 2.30. The molecule has 0 spiro atoms. The first-order valence-electron chi connectivity index (χ1n) is 9.97. The zero-order valence-corrected chi connectivity index (χ0v) is 17.5. The number of hydrogen-bond donors (Lipinski definition) is 0. The molecule has 0 aliphatic rings. The lowest BCUT2D eigenvalue weighted by Crippen LogP contribution is -2.31. The fraction of sp³-hybridized carbons (Fsp3) is 0.167. The molecule has 4 aromatic rings. The van der Waals surface area contributed by atoms with Crippen molar-refractivity contribution in [3.63, 3.8) is 0 Å². The second-order valence-electron chi connectivity index (χ2n) is 6.88. The number of rotatable bonds is 7. The van der Waals surface area contributed by atoms with Gasteiger partial charge < -0.3 is 0 Å². The van der Waals surface area contributed by atoms with Crippen molar-refractivity contribution in [2.24, 2.45) is 0 Å². The van der Waals surface area contributed by atoms with Crippen LogP contribution in [0.25, 0.3) is 21.7 Å². The van der Waals surface area contributed by atoms with E-state index in [1.165, 1.54) is 11.3 Å². The zero-order valence-electron chi connectivity index (χ0n) is 16.7. The molecule has 4 rings (SSSR count). The number of carbonyl (C=O) groups is 1. The summed E-state index contributed by atoms with van der Waals surface area (Å²) in [5, 5.41) is 10.00. The molecule has 2 heterocycles. The van der Waals surface area contributed by atoms with E-state index in [9.17, 15) is 4.79 Å². The molecule has 0 aliphatic heterocycles. The van der Waals surface area contributed by atoms with Gasteiger partial charge in [-0.15, -0.1) is 10.2 Å². The van der Waals surface area contributed by atoms with Crippen LogP contribution >= 0.6 is 11.3 Å². The van der Waals surface area contributed by atoms with Crippen molar-refractivity contribution in [3.05, 3.63) is 84.7 Å². The highest BCUT2D eigenvalue weighted by Gasteiger charge is 2.21. The van der Waals surface area contributed by atoms with Gasteiger partial charge in [-0.2, -0.15) is 0 Å². The maximum absolute atomic E-state index is 13.3. The Balaban J connectivity index is 1.59. The Hall–Kier alpha value is -3.38. The molecule has 0 saturated carbocycles. The van der Waals surface area contributed by atoms with Gasteiger partial charge in [-0.1, -0.05) is 67.1 Å². The van der Waals surface area contributed by atoms with Crippen LogP contribution in [0.5, 0.6) is 0 Å². The highest BCUT2D eigenvalue weighted by molar-refractivity contribution is 7.18. The van der Waals surface area contributed by atoms with Gasteiger partial charge >= 0.3 is 0 Å². The molecule has 0 radical (unpaired) electrons. The van der Waals surface area contributed by atoms with Crippen molar-refractivity contribution in [2.75, 3.05) is 11.4 Å². The molecule has 0 bridgehead atoms. The first-order chi connectivity index (χ1) is 14.8. The summed E-state index contributed by atoms with van der Waals surface area (Å²) in [6, 6.07) is 21.7. The first-order valence-corrected chi connectivity index (χ1v) is 10.8. The van der Waals surface area contributed by atoms with E-state index in [4.69, 9.17) is 0 Å². The molecule has 0 N–H and O–H groups in total. The van der Waals surface area contributed by atoms with Gasteiger partial charge in [0.25, 0.3) is 5.91 Å². The molecule has 30 heavy (non-hydrogen) atoms. The quantitative estimate of drug-likeness (QED) is 0.388. The van der Waals surface area contributed by atoms with Crippen molar-refractivity contribution in [2.45, 2.75) is 19.8 Å². The molecular weight excluding hydrogens is 392 g/mol. The van der Waals surface area contributed by atoms with Crippen molar-refractivity contribution in [1.29, 1.82) is 0 Å². The molecule has 0 saturated heterocycles. The smallest absolute Gasteiger partial charge is 0.260 e. The summed E-state index contributed by atoms with van der Waals surface area (Å²) in [6.45, 7) is 2.72. The number of amides is 1. The summed E-state index contributed by atoms with van der Waals surface area (Å²) >= 11 is 1.42. The summed E-state index contributed by atoms with van der Waals surface area (Å²) < 4.78 is 0. The van der Waals surface area contributed by atoms with E-state index in [1.807, 2.05) is 54.6 Å².